The minimum Gasteiger partial charge on any atom is -0.323 e. The first kappa shape index (κ1) is 10.8. The molecule has 2 heteroatoms. The predicted molar refractivity (Wildman–Crippen MR) is 64.0 cm³/mol. The van der Waals surface area contributed by atoms with Gasteiger partial charge in [0.15, 0.2) is 0 Å². The first-order valence-electron chi connectivity index (χ1n) is 7.09. The summed E-state index contributed by atoms with van der Waals surface area (Å²) in [6.45, 7) is 2.64. The molecule has 0 spiro atoms. The molecule has 0 N–H and O–H groups in total. The predicted octanol–water partition coefficient (Wildman–Crippen LogP) is 2.37. The van der Waals surface area contributed by atoms with E-state index in [0.717, 1.165) is 0 Å². The minimum atomic E-state index is 0.432. The molecule has 90 valence electrons. The molecule has 1 heterocycles. The van der Waals surface area contributed by atoms with Gasteiger partial charge in [0, 0.05) is 12.3 Å². The van der Waals surface area contributed by atoms with E-state index in [1.54, 1.807) is 0 Å². The highest BCUT2D eigenvalue weighted by Gasteiger charge is 2.50. The Kier molecular flexibility index (Phi) is 2.58. The molecule has 0 radical (unpaired) electrons. The molecule has 2 saturated carbocycles. The molecule has 16 heavy (non-hydrogen) atoms. The van der Waals surface area contributed by atoms with E-state index in [0.29, 0.717) is 23.7 Å². The second kappa shape index (κ2) is 3.83. The van der Waals surface area contributed by atoms with Crippen LogP contribution in [0.15, 0.2) is 0 Å². The van der Waals surface area contributed by atoms with E-state index in [9.17, 15) is 4.79 Å². The summed E-state index contributed by atoms with van der Waals surface area (Å²) < 4.78 is 1.21. The van der Waals surface area contributed by atoms with E-state index >= 15 is 0 Å². The summed E-state index contributed by atoms with van der Waals surface area (Å²) >= 11 is 0. The molecule has 2 aliphatic carbocycles. The number of hydrogen-bond acceptors (Lipinski definition) is 1. The molecule has 0 aromatic carbocycles. The van der Waals surface area contributed by atoms with Crippen LogP contribution in [0.2, 0.25) is 0 Å². The van der Waals surface area contributed by atoms with Gasteiger partial charge in [-0.25, -0.2) is 0 Å². The van der Waals surface area contributed by atoms with Gasteiger partial charge in [-0.1, -0.05) is 0 Å². The van der Waals surface area contributed by atoms with E-state index in [-0.39, 0.29) is 0 Å². The summed E-state index contributed by atoms with van der Waals surface area (Å²) in [6, 6.07) is 0.673. The molecule has 0 amide bonds. The van der Waals surface area contributed by atoms with Crippen molar-refractivity contribution < 1.29 is 9.28 Å². The number of likely N-dealkylation sites (tertiary alicyclic amines) is 1. The first-order valence-corrected chi connectivity index (χ1v) is 7.09. The number of nitrogens with zero attached hydrogens (tertiary/aromatic N) is 1. The second-order valence-electron chi connectivity index (χ2n) is 6.42. The van der Waals surface area contributed by atoms with Gasteiger partial charge >= 0.3 is 0 Å². The largest absolute Gasteiger partial charge is 0.323 e. The van der Waals surface area contributed by atoms with Crippen molar-refractivity contribution in [3.05, 3.63) is 0 Å². The summed E-state index contributed by atoms with van der Waals surface area (Å²) in [5, 5.41) is 0. The maximum atomic E-state index is 12.2. The number of Topliss-reactive ketones (excluding diaryl/α,β-unsaturated/α-hetero) is 1. The Morgan fingerprint density at radius 2 is 1.69 bits per heavy atom. The maximum Gasteiger partial charge on any atom is 0.144 e. The van der Waals surface area contributed by atoms with Gasteiger partial charge in [-0.2, -0.15) is 0 Å². The lowest BCUT2D eigenvalue weighted by Crippen LogP contribution is -2.59. The van der Waals surface area contributed by atoms with Gasteiger partial charge in [-0.15, -0.1) is 0 Å². The normalized spacial score (nSPS) is 42.3. The van der Waals surface area contributed by atoms with Gasteiger partial charge < -0.3 is 4.48 Å². The van der Waals surface area contributed by atoms with Crippen molar-refractivity contribution in [1.29, 1.82) is 0 Å². The van der Waals surface area contributed by atoms with E-state index in [1.165, 1.54) is 62.5 Å². The van der Waals surface area contributed by atoms with Crippen LogP contribution in [0.25, 0.3) is 0 Å². The van der Waals surface area contributed by atoms with Crippen LogP contribution in [0.4, 0.5) is 0 Å². The Balaban J connectivity index is 1.81. The monoisotopic (exact) mass is 222 g/mol. The number of ketones is 1. The lowest BCUT2D eigenvalue weighted by molar-refractivity contribution is -0.940. The highest BCUT2D eigenvalue weighted by atomic mass is 16.1. The topological polar surface area (TPSA) is 17.1 Å². The number of piperidine rings is 1. The van der Waals surface area contributed by atoms with Gasteiger partial charge in [0.05, 0.1) is 32.1 Å². The Bertz CT molecular complexity index is 293. The van der Waals surface area contributed by atoms with Crippen LogP contribution in [0.5, 0.6) is 0 Å². The summed E-state index contributed by atoms with van der Waals surface area (Å²) in [4.78, 5) is 12.2. The molecule has 2 nitrogen and oxygen atoms in total. The van der Waals surface area contributed by atoms with Crippen molar-refractivity contribution in [3.63, 3.8) is 0 Å². The van der Waals surface area contributed by atoms with Crippen molar-refractivity contribution in [2.75, 3.05) is 20.1 Å². The molecule has 1 saturated heterocycles. The summed E-state index contributed by atoms with van der Waals surface area (Å²) in [6.07, 6.45) is 9.05. The first-order chi connectivity index (χ1) is 7.71. The smallest absolute Gasteiger partial charge is 0.144 e. The zero-order valence-electron chi connectivity index (χ0n) is 10.5. The summed E-state index contributed by atoms with van der Waals surface area (Å²) in [7, 11) is 2.41. The van der Waals surface area contributed by atoms with Crippen LogP contribution in [0, 0.1) is 11.8 Å². The minimum absolute atomic E-state index is 0.432. The fraction of sp³-hybridized carbons (Fsp3) is 0.929. The van der Waals surface area contributed by atoms with E-state index < -0.39 is 0 Å². The van der Waals surface area contributed by atoms with Crippen molar-refractivity contribution in [2.45, 2.75) is 51.0 Å². The quantitative estimate of drug-likeness (QED) is 0.623. The average molecular weight is 222 g/mol. The fourth-order valence-corrected chi connectivity index (χ4v) is 4.52. The van der Waals surface area contributed by atoms with Crippen molar-refractivity contribution in [2.24, 2.45) is 11.8 Å². The van der Waals surface area contributed by atoms with Gasteiger partial charge in [-0.3, -0.25) is 4.79 Å². The summed E-state index contributed by atoms with van der Waals surface area (Å²) in [5.74, 6) is 1.51. The van der Waals surface area contributed by atoms with Gasteiger partial charge in [0.25, 0.3) is 0 Å². The maximum absolute atomic E-state index is 12.2. The van der Waals surface area contributed by atoms with Crippen molar-refractivity contribution >= 4 is 5.78 Å². The highest BCUT2D eigenvalue weighted by molar-refractivity contribution is 5.86. The van der Waals surface area contributed by atoms with Gasteiger partial charge in [0.2, 0.25) is 0 Å². The van der Waals surface area contributed by atoms with Crippen LogP contribution < -0.4 is 0 Å². The SMILES string of the molecule is C[N+]1([C@@H]2CC[C@H]3CC[C@@H]2C3=O)CCCCC1. The van der Waals surface area contributed by atoms with E-state index in [2.05, 4.69) is 7.05 Å². The molecule has 1 aliphatic heterocycles. The molecule has 0 aromatic heterocycles. The molecule has 3 atom stereocenters. The molecule has 0 aromatic rings. The lowest BCUT2D eigenvalue weighted by Gasteiger charge is -2.47. The molecule has 0 unspecified atom stereocenters. The Hall–Kier alpha value is -0.370. The number of fused-ring (bicyclic) bond motifs is 2. The van der Waals surface area contributed by atoms with Crippen LogP contribution in [-0.4, -0.2) is 36.4 Å². The molecule has 3 rings (SSSR count). The zero-order chi connectivity index (χ0) is 11.2. The third kappa shape index (κ3) is 1.54. The molecule has 3 aliphatic rings. The zero-order valence-corrected chi connectivity index (χ0v) is 10.5. The standard InChI is InChI=1S/C14H24NO/c1-15(9-3-2-4-10-15)13-8-6-11-5-7-12(13)14(11)16/h11-13H,2-10H2,1H3/q+1/t11-,12+,13-/m1/s1. The van der Waals surface area contributed by atoms with Crippen LogP contribution in [0.1, 0.15) is 44.9 Å². The molecule has 3 fully saturated rings. The van der Waals surface area contributed by atoms with Gasteiger partial charge in [0.1, 0.15) is 5.78 Å². The van der Waals surface area contributed by atoms with Crippen LogP contribution in [-0.2, 0) is 4.79 Å². The van der Waals surface area contributed by atoms with Crippen LogP contribution in [0.3, 0.4) is 0 Å². The number of carbonyl (C=O) groups excluding carboxylic acids is 1. The Labute approximate surface area is 98.6 Å². The lowest BCUT2D eigenvalue weighted by atomic mass is 9.81. The Morgan fingerprint density at radius 3 is 2.44 bits per heavy atom. The molecular formula is C14H24NO+. The summed E-state index contributed by atoms with van der Waals surface area (Å²) in [5.41, 5.74) is 0. The molecular weight excluding hydrogens is 198 g/mol. The van der Waals surface area contributed by atoms with Crippen molar-refractivity contribution in [1.82, 2.24) is 0 Å². The second-order valence-corrected chi connectivity index (χ2v) is 6.42. The number of carbonyl (C=O) groups is 1. The number of quaternary nitrogens is 1. The Morgan fingerprint density at radius 1 is 1.00 bits per heavy atom. The molecule has 2 bridgehead atoms. The van der Waals surface area contributed by atoms with E-state index in [1.807, 2.05) is 0 Å². The highest BCUT2D eigenvalue weighted by Crippen LogP contribution is 2.43. The third-order valence-electron chi connectivity index (χ3n) is 5.51. The van der Waals surface area contributed by atoms with E-state index in [4.69, 9.17) is 0 Å². The number of rotatable bonds is 1. The van der Waals surface area contributed by atoms with Crippen molar-refractivity contribution in [3.8, 4) is 0 Å². The average Bonchev–Trinajstić information content (AvgIpc) is 2.53. The fourth-order valence-electron chi connectivity index (χ4n) is 4.52. The third-order valence-corrected chi connectivity index (χ3v) is 5.51. The number of hydrogen-bond donors (Lipinski definition) is 0. The van der Waals surface area contributed by atoms with Gasteiger partial charge in [-0.05, 0) is 38.5 Å². The van der Waals surface area contributed by atoms with Crippen LogP contribution >= 0.6 is 0 Å².